The zero-order valence-electron chi connectivity index (χ0n) is 22.8. The molecule has 0 saturated carbocycles. The fourth-order valence-corrected chi connectivity index (χ4v) is 7.02. The van der Waals surface area contributed by atoms with E-state index in [-0.39, 0.29) is 12.1 Å². The number of benzene rings is 5. The number of anilines is 3. The van der Waals surface area contributed by atoms with Gasteiger partial charge >= 0.3 is 0 Å². The van der Waals surface area contributed by atoms with Gasteiger partial charge in [0.25, 0.3) is 0 Å². The second kappa shape index (κ2) is 8.23. The van der Waals surface area contributed by atoms with E-state index >= 15 is 0 Å². The molecule has 38 heavy (non-hydrogen) atoms. The minimum Gasteiger partial charge on any atom is -0.312 e. The molecule has 0 radical (unpaired) electrons. The molecule has 0 amide bonds. The summed E-state index contributed by atoms with van der Waals surface area (Å²) in [5, 5.41) is 0. The quantitative estimate of drug-likeness (QED) is 0.232. The van der Waals surface area contributed by atoms with Crippen LogP contribution < -0.4 is 21.3 Å². The minimum atomic E-state index is -0.119. The highest BCUT2D eigenvalue weighted by molar-refractivity contribution is 6.99. The van der Waals surface area contributed by atoms with Gasteiger partial charge in [0.05, 0.1) is 0 Å². The summed E-state index contributed by atoms with van der Waals surface area (Å²) in [4.78, 5) is 2.49. The monoisotopic (exact) mass is 489 g/mol. The maximum Gasteiger partial charge on any atom is 0.247 e. The molecule has 7 rings (SSSR count). The first-order valence-corrected chi connectivity index (χ1v) is 13.7. The van der Waals surface area contributed by atoms with Crippen molar-refractivity contribution in [2.75, 3.05) is 4.90 Å². The lowest BCUT2D eigenvalue weighted by Crippen LogP contribution is -2.64. The van der Waals surface area contributed by atoms with E-state index in [9.17, 15) is 0 Å². The van der Waals surface area contributed by atoms with Crippen LogP contribution in [0.5, 0.6) is 0 Å². The van der Waals surface area contributed by atoms with Gasteiger partial charge in [0.2, 0.25) is 6.71 Å². The van der Waals surface area contributed by atoms with Crippen LogP contribution in [-0.4, -0.2) is 6.71 Å². The first-order valence-electron chi connectivity index (χ1n) is 13.7. The van der Waals surface area contributed by atoms with Crippen molar-refractivity contribution in [1.82, 2.24) is 0 Å². The van der Waals surface area contributed by atoms with E-state index in [1.54, 1.807) is 0 Å². The molecule has 2 heterocycles. The van der Waals surface area contributed by atoms with Crippen LogP contribution in [0.15, 0.2) is 103 Å². The predicted octanol–water partition coefficient (Wildman–Crippen LogP) is 7.22. The van der Waals surface area contributed by atoms with Crippen molar-refractivity contribution in [3.05, 3.63) is 131 Å². The standard InChI is InChI=1S/C36H32BN/c1-23-11-16-28(17-12-23)38-32-19-13-24(2)21-31(32)37-30-18-15-27(26-9-7-6-8-10-26)22-29(30)36(4,5)34-25(3)14-20-33(38)35(34)37/h6-22H,1-5H3. The van der Waals surface area contributed by atoms with Crippen molar-refractivity contribution in [2.24, 2.45) is 0 Å². The molecule has 5 aromatic carbocycles. The maximum absolute atomic E-state index is 2.49. The second-order valence-electron chi connectivity index (χ2n) is 11.6. The molecule has 0 N–H and O–H groups in total. The highest BCUT2D eigenvalue weighted by Gasteiger charge is 2.46. The molecule has 0 unspecified atom stereocenters. The van der Waals surface area contributed by atoms with E-state index < -0.39 is 0 Å². The molecule has 2 heteroatoms. The van der Waals surface area contributed by atoms with Crippen LogP contribution in [0.2, 0.25) is 0 Å². The summed E-state index contributed by atoms with van der Waals surface area (Å²) in [6.45, 7) is 11.7. The highest BCUT2D eigenvalue weighted by Crippen LogP contribution is 2.44. The van der Waals surface area contributed by atoms with Gasteiger partial charge in [-0.2, -0.15) is 0 Å². The predicted molar refractivity (Wildman–Crippen MR) is 164 cm³/mol. The third-order valence-electron chi connectivity index (χ3n) is 8.76. The fraction of sp³-hybridized carbons (Fsp3) is 0.167. The SMILES string of the molecule is Cc1ccc(N2c3ccc(C)cc3B3c4ccc(-c5ccccc5)cc4C(C)(C)c4c(C)ccc2c43)cc1. The lowest BCUT2D eigenvalue weighted by molar-refractivity contribution is 0.641. The average Bonchev–Trinajstić information content (AvgIpc) is 2.92. The zero-order chi connectivity index (χ0) is 26.2. The summed E-state index contributed by atoms with van der Waals surface area (Å²) in [5.41, 5.74) is 17.4. The van der Waals surface area contributed by atoms with Gasteiger partial charge < -0.3 is 4.90 Å². The van der Waals surface area contributed by atoms with Crippen LogP contribution >= 0.6 is 0 Å². The Kier molecular flexibility index (Phi) is 5.01. The zero-order valence-corrected chi connectivity index (χ0v) is 22.8. The molecule has 0 aromatic heterocycles. The third kappa shape index (κ3) is 3.26. The van der Waals surface area contributed by atoms with E-state index in [1.807, 2.05) is 0 Å². The summed E-state index contributed by atoms with van der Waals surface area (Å²) < 4.78 is 0. The van der Waals surface area contributed by atoms with Crippen LogP contribution in [0.3, 0.4) is 0 Å². The molecule has 2 aliphatic rings. The Hall–Kier alpha value is -4.04. The first-order chi connectivity index (χ1) is 18.3. The average molecular weight is 489 g/mol. The van der Waals surface area contributed by atoms with Crippen molar-refractivity contribution in [2.45, 2.75) is 40.0 Å². The minimum absolute atomic E-state index is 0.119. The molecule has 0 bridgehead atoms. The molecule has 1 nitrogen and oxygen atoms in total. The molecule has 0 saturated heterocycles. The molecule has 0 aliphatic carbocycles. The van der Waals surface area contributed by atoms with Crippen LogP contribution in [0.1, 0.15) is 41.7 Å². The van der Waals surface area contributed by atoms with Crippen molar-refractivity contribution < 1.29 is 0 Å². The Balaban J connectivity index is 1.55. The molecule has 0 spiro atoms. The van der Waals surface area contributed by atoms with Gasteiger partial charge in [-0.25, -0.2) is 0 Å². The van der Waals surface area contributed by atoms with Crippen molar-refractivity contribution in [1.29, 1.82) is 0 Å². The Morgan fingerprint density at radius 1 is 0.605 bits per heavy atom. The molecular weight excluding hydrogens is 457 g/mol. The van der Waals surface area contributed by atoms with Gasteiger partial charge in [-0.05, 0) is 83.8 Å². The topological polar surface area (TPSA) is 3.24 Å². The van der Waals surface area contributed by atoms with Crippen molar-refractivity contribution in [3.63, 3.8) is 0 Å². The van der Waals surface area contributed by atoms with Crippen LogP contribution in [0, 0.1) is 20.8 Å². The Bertz CT molecular complexity index is 1710. The summed E-state index contributed by atoms with van der Waals surface area (Å²) in [5.74, 6) is 0. The number of hydrogen-bond donors (Lipinski definition) is 0. The summed E-state index contributed by atoms with van der Waals surface area (Å²) in [6.07, 6.45) is 0. The molecule has 5 aromatic rings. The number of nitrogens with zero attached hydrogens (tertiary/aromatic N) is 1. The van der Waals surface area contributed by atoms with Gasteiger partial charge in [-0.1, -0.05) is 109 Å². The van der Waals surface area contributed by atoms with Gasteiger partial charge in [0, 0.05) is 22.5 Å². The van der Waals surface area contributed by atoms with Crippen LogP contribution in [0.4, 0.5) is 17.1 Å². The number of rotatable bonds is 2. The lowest BCUT2D eigenvalue weighted by Gasteiger charge is -2.46. The smallest absolute Gasteiger partial charge is 0.247 e. The van der Waals surface area contributed by atoms with E-state index in [4.69, 9.17) is 0 Å². The maximum atomic E-state index is 2.49. The fourth-order valence-electron chi connectivity index (χ4n) is 7.02. The van der Waals surface area contributed by atoms with E-state index in [0.29, 0.717) is 0 Å². The van der Waals surface area contributed by atoms with E-state index in [0.717, 1.165) is 0 Å². The molecule has 0 atom stereocenters. The number of fused-ring (bicyclic) bond motifs is 4. The normalized spacial score (nSPS) is 14.6. The Morgan fingerprint density at radius 2 is 1.32 bits per heavy atom. The van der Waals surface area contributed by atoms with Gasteiger partial charge in [0.15, 0.2) is 0 Å². The van der Waals surface area contributed by atoms with Gasteiger partial charge in [-0.15, -0.1) is 0 Å². The van der Waals surface area contributed by atoms with Crippen LogP contribution in [-0.2, 0) is 5.41 Å². The van der Waals surface area contributed by atoms with Crippen LogP contribution in [0.25, 0.3) is 11.1 Å². The summed E-state index contributed by atoms with van der Waals surface area (Å²) >= 11 is 0. The number of aryl methyl sites for hydroxylation is 3. The lowest BCUT2D eigenvalue weighted by atomic mass is 9.30. The molecule has 0 fully saturated rings. The third-order valence-corrected chi connectivity index (χ3v) is 8.76. The molecule has 184 valence electrons. The Morgan fingerprint density at radius 3 is 2.08 bits per heavy atom. The van der Waals surface area contributed by atoms with Gasteiger partial charge in [0.1, 0.15) is 0 Å². The van der Waals surface area contributed by atoms with Crippen molar-refractivity contribution in [3.8, 4) is 11.1 Å². The first kappa shape index (κ1) is 23.1. The Labute approximate surface area is 226 Å². The summed E-state index contributed by atoms with van der Waals surface area (Å²) in [7, 11) is 0. The summed E-state index contributed by atoms with van der Waals surface area (Å²) in [6, 6.07) is 38.6. The van der Waals surface area contributed by atoms with E-state index in [2.05, 4.69) is 143 Å². The number of hydrogen-bond acceptors (Lipinski definition) is 1. The van der Waals surface area contributed by atoms with Crippen molar-refractivity contribution >= 4 is 40.2 Å². The highest BCUT2D eigenvalue weighted by atomic mass is 15.1. The largest absolute Gasteiger partial charge is 0.312 e. The molecule has 2 aliphatic heterocycles. The second-order valence-corrected chi connectivity index (χ2v) is 11.6. The molecular formula is C36H32BN. The van der Waals surface area contributed by atoms with E-state index in [1.165, 1.54) is 72.4 Å². The van der Waals surface area contributed by atoms with Gasteiger partial charge in [-0.3, -0.25) is 0 Å².